The van der Waals surface area contributed by atoms with Gasteiger partial charge in [0.05, 0.1) is 18.8 Å². The first kappa shape index (κ1) is 32.8. The molecular weight excluding hydrogens is 608 g/mol. The maximum absolute atomic E-state index is 13.2. The number of anilines is 2. The third kappa shape index (κ3) is 8.16. The number of aliphatic imine (C=N–C) groups is 1. The molecule has 0 saturated carbocycles. The number of aryl methyl sites for hydroxylation is 1. The van der Waals surface area contributed by atoms with Gasteiger partial charge in [0.1, 0.15) is 11.5 Å². The quantitative estimate of drug-likeness (QED) is 0.222. The van der Waals surface area contributed by atoms with E-state index < -0.39 is 5.91 Å². The molecule has 1 spiro atoms. The number of rotatable bonds is 11. The lowest BCUT2D eigenvalue weighted by Gasteiger charge is -2.38. The fraction of sp³-hybridized carbons (Fsp3) is 0.424. The molecular formula is C33H41ClN8O4. The van der Waals surface area contributed by atoms with Crippen molar-refractivity contribution in [1.29, 1.82) is 0 Å². The van der Waals surface area contributed by atoms with Gasteiger partial charge in [0.25, 0.3) is 5.91 Å². The highest BCUT2D eigenvalue weighted by Crippen LogP contribution is 2.26. The van der Waals surface area contributed by atoms with Crippen LogP contribution in [0.2, 0.25) is 5.15 Å². The topological polar surface area (TPSA) is 170 Å². The van der Waals surface area contributed by atoms with Crippen LogP contribution >= 0.6 is 11.6 Å². The van der Waals surface area contributed by atoms with Crippen molar-refractivity contribution in [2.75, 3.05) is 44.3 Å². The molecule has 0 aliphatic carbocycles. The fourth-order valence-corrected chi connectivity index (χ4v) is 5.43. The lowest BCUT2D eigenvalue weighted by Crippen LogP contribution is -2.53. The van der Waals surface area contributed by atoms with Gasteiger partial charge in [-0.15, -0.1) is 0 Å². The minimum atomic E-state index is -0.688. The van der Waals surface area contributed by atoms with Crippen LogP contribution in [0.1, 0.15) is 65.9 Å². The van der Waals surface area contributed by atoms with Crippen molar-refractivity contribution in [3.05, 3.63) is 70.5 Å². The van der Waals surface area contributed by atoms with Crippen molar-refractivity contribution < 1.29 is 19.1 Å². The van der Waals surface area contributed by atoms with E-state index in [1.165, 1.54) is 5.56 Å². The Balaban J connectivity index is 1.04. The van der Waals surface area contributed by atoms with Crippen LogP contribution < -0.4 is 31.6 Å². The number of nitrogen functional groups attached to an aromatic ring is 2. The number of nitrogens with zero attached hydrogens (tertiary/aromatic N) is 4. The number of aromatic nitrogens is 2. The summed E-state index contributed by atoms with van der Waals surface area (Å²) < 4.78 is 11.8. The van der Waals surface area contributed by atoms with Crippen LogP contribution in [-0.2, 0) is 6.42 Å². The number of hydrogen-bond acceptors (Lipinski definition) is 8. The first-order valence-electron chi connectivity index (χ1n) is 15.6. The highest BCUT2D eigenvalue weighted by atomic mass is 35.5. The lowest BCUT2D eigenvalue weighted by molar-refractivity contribution is 0.0669. The van der Waals surface area contributed by atoms with Crippen LogP contribution in [-0.4, -0.2) is 71.0 Å². The van der Waals surface area contributed by atoms with Gasteiger partial charge in [-0.05, 0) is 73.6 Å². The van der Waals surface area contributed by atoms with Crippen LogP contribution in [0, 0.1) is 5.92 Å². The van der Waals surface area contributed by atoms with Gasteiger partial charge in [0, 0.05) is 25.2 Å². The monoisotopic (exact) mass is 648 g/mol. The van der Waals surface area contributed by atoms with E-state index >= 15 is 0 Å². The Labute approximate surface area is 273 Å². The summed E-state index contributed by atoms with van der Waals surface area (Å²) in [5.74, 6) is 1.59. The summed E-state index contributed by atoms with van der Waals surface area (Å²) in [6.45, 7) is 7.36. The van der Waals surface area contributed by atoms with Gasteiger partial charge in [-0.3, -0.25) is 9.59 Å². The molecule has 12 nitrogen and oxygen atoms in total. The molecule has 2 fully saturated rings. The van der Waals surface area contributed by atoms with Gasteiger partial charge < -0.3 is 36.5 Å². The maximum Gasteiger partial charge on any atom is 0.302 e. The van der Waals surface area contributed by atoms with Gasteiger partial charge in [0.2, 0.25) is 0 Å². The third-order valence-electron chi connectivity index (χ3n) is 8.44. The molecule has 0 unspecified atom stereocenters. The van der Waals surface area contributed by atoms with E-state index in [4.69, 9.17) is 32.5 Å². The molecule has 2 aromatic carbocycles. The number of guanidine groups is 1. The molecule has 3 heterocycles. The van der Waals surface area contributed by atoms with Crippen molar-refractivity contribution in [2.24, 2.45) is 10.9 Å². The predicted molar refractivity (Wildman–Crippen MR) is 178 cm³/mol. The number of hydrogen-bond donors (Lipinski definition) is 4. The Morgan fingerprint density at radius 1 is 1.02 bits per heavy atom. The number of piperidine rings is 1. The van der Waals surface area contributed by atoms with Crippen LogP contribution in [0.25, 0.3) is 0 Å². The Bertz CT molecular complexity index is 1560. The van der Waals surface area contributed by atoms with E-state index in [-0.39, 0.29) is 33.9 Å². The highest BCUT2D eigenvalue weighted by molar-refractivity contribution is 6.31. The first-order valence-corrected chi connectivity index (χ1v) is 16.0. The van der Waals surface area contributed by atoms with Gasteiger partial charge in [-0.2, -0.15) is 4.99 Å². The summed E-state index contributed by atoms with van der Waals surface area (Å²) in [6.07, 6.45) is 4.26. The van der Waals surface area contributed by atoms with E-state index in [2.05, 4.69) is 51.6 Å². The van der Waals surface area contributed by atoms with Crippen molar-refractivity contribution in [3.8, 4) is 11.5 Å². The smallest absolute Gasteiger partial charge is 0.302 e. The number of nitrogens with two attached hydrogens (primary N) is 2. The number of carbonyl (C=O) groups is 2. The number of amides is 2. The van der Waals surface area contributed by atoms with E-state index in [0.717, 1.165) is 37.4 Å². The lowest BCUT2D eigenvalue weighted by atomic mass is 9.88. The summed E-state index contributed by atoms with van der Waals surface area (Å²) >= 11 is 5.89. The normalized spacial score (nSPS) is 16.9. The van der Waals surface area contributed by atoms with Gasteiger partial charge in [-0.25, -0.2) is 9.97 Å². The predicted octanol–water partition coefficient (Wildman–Crippen LogP) is 4.09. The molecule has 2 amide bonds. The van der Waals surface area contributed by atoms with Gasteiger partial charge in [0.15, 0.2) is 28.4 Å². The third-order valence-corrected chi connectivity index (χ3v) is 8.72. The molecule has 46 heavy (non-hydrogen) atoms. The number of benzene rings is 2. The van der Waals surface area contributed by atoms with Crippen LogP contribution in [0.15, 0.2) is 53.5 Å². The highest BCUT2D eigenvalue weighted by Gasteiger charge is 2.41. The second kappa shape index (κ2) is 14.7. The molecule has 2 aliphatic heterocycles. The molecule has 0 bridgehead atoms. The molecule has 3 aromatic rings. The van der Waals surface area contributed by atoms with Crippen molar-refractivity contribution in [3.63, 3.8) is 0 Å². The van der Waals surface area contributed by atoms with E-state index in [9.17, 15) is 9.59 Å². The molecule has 0 radical (unpaired) electrons. The van der Waals surface area contributed by atoms with Gasteiger partial charge >= 0.3 is 5.91 Å². The second-order valence-electron chi connectivity index (χ2n) is 11.9. The van der Waals surface area contributed by atoms with Crippen molar-refractivity contribution >= 4 is 41.0 Å². The second-order valence-corrected chi connectivity index (χ2v) is 12.3. The molecule has 2 saturated heterocycles. The van der Waals surface area contributed by atoms with Crippen LogP contribution in [0.5, 0.6) is 11.5 Å². The van der Waals surface area contributed by atoms with Crippen LogP contribution in [0.4, 0.5) is 11.6 Å². The van der Waals surface area contributed by atoms with Crippen molar-refractivity contribution in [1.82, 2.24) is 25.5 Å². The SMILES string of the molecule is CC[C@H](C)COc1ccc(CCCOc2ccc(C(=O)N3CCC4(CC3)CN/C(=N\C(=O)c3nc(Cl)c(N)nc3N)N4)cc2)cc1. The summed E-state index contributed by atoms with van der Waals surface area (Å²) in [4.78, 5) is 39.5. The zero-order chi connectivity index (χ0) is 32.7. The summed E-state index contributed by atoms with van der Waals surface area (Å²) in [5, 5.41) is 6.34. The summed E-state index contributed by atoms with van der Waals surface area (Å²) in [5.41, 5.74) is 12.7. The van der Waals surface area contributed by atoms with E-state index in [1.54, 1.807) is 0 Å². The zero-order valence-electron chi connectivity index (χ0n) is 26.2. The molecule has 6 N–H and O–H groups in total. The summed E-state index contributed by atoms with van der Waals surface area (Å²) in [7, 11) is 0. The Morgan fingerprint density at radius 3 is 2.39 bits per heavy atom. The molecule has 2 aliphatic rings. The standard InChI is InChI=1S/C33H41ClN8O4/c1-3-21(2)19-46-25-10-6-22(7-11-25)5-4-18-45-24-12-8-23(9-13-24)31(44)42-16-14-33(15-17-42)20-37-32(41-33)40-30(43)26-28(35)39-29(36)27(34)38-26/h6-13,21H,3-5,14-20H2,1-2H3,(H4,35,36,39)(H2,37,40,41,43)/t21-/m0/s1. The fourth-order valence-electron chi connectivity index (χ4n) is 5.30. The number of halogens is 1. The number of likely N-dealkylation sites (tertiary alicyclic amines) is 1. The number of ether oxygens (including phenoxy) is 2. The summed E-state index contributed by atoms with van der Waals surface area (Å²) in [6, 6.07) is 15.6. The van der Waals surface area contributed by atoms with Crippen molar-refractivity contribution in [2.45, 2.75) is 51.5 Å². The Kier molecular flexibility index (Phi) is 10.5. The largest absolute Gasteiger partial charge is 0.494 e. The average molecular weight is 649 g/mol. The molecule has 244 valence electrons. The average Bonchev–Trinajstić information content (AvgIpc) is 3.45. The van der Waals surface area contributed by atoms with E-state index in [0.29, 0.717) is 56.5 Å². The zero-order valence-corrected chi connectivity index (χ0v) is 27.0. The molecule has 5 rings (SSSR count). The van der Waals surface area contributed by atoms with Crippen LogP contribution in [0.3, 0.4) is 0 Å². The Morgan fingerprint density at radius 2 is 1.70 bits per heavy atom. The number of nitrogens with one attached hydrogen (secondary N) is 2. The molecule has 1 aromatic heterocycles. The number of carbonyl (C=O) groups excluding carboxylic acids is 2. The minimum absolute atomic E-state index is 0.0257. The first-order chi connectivity index (χ1) is 22.1. The minimum Gasteiger partial charge on any atom is -0.494 e. The van der Waals surface area contributed by atoms with Gasteiger partial charge in [-0.1, -0.05) is 44.0 Å². The Hall–Kier alpha value is -4.58. The van der Waals surface area contributed by atoms with E-state index in [1.807, 2.05) is 41.3 Å². The molecule has 1 atom stereocenters. The molecule has 13 heteroatoms. The maximum atomic E-state index is 13.2.